The summed E-state index contributed by atoms with van der Waals surface area (Å²) in [5.74, 6) is 0.0803. The van der Waals surface area contributed by atoms with Gasteiger partial charge in [0.2, 0.25) is 5.91 Å². The maximum atomic E-state index is 11.6. The Morgan fingerprint density at radius 3 is 2.71 bits per heavy atom. The van der Waals surface area contributed by atoms with Crippen LogP contribution in [0.1, 0.15) is 12.8 Å². The van der Waals surface area contributed by atoms with Crippen LogP contribution in [0.5, 0.6) is 0 Å². The van der Waals surface area contributed by atoms with Crippen molar-refractivity contribution in [3.63, 3.8) is 0 Å². The van der Waals surface area contributed by atoms with Gasteiger partial charge in [-0.05, 0) is 38.4 Å². The van der Waals surface area contributed by atoms with Crippen molar-refractivity contribution in [3.05, 3.63) is 24.3 Å². The molecule has 2 N–H and O–H groups in total. The Hall–Kier alpha value is -0.710. The molecule has 96 valence electrons. The van der Waals surface area contributed by atoms with Crippen molar-refractivity contribution in [2.24, 2.45) is 0 Å². The summed E-state index contributed by atoms with van der Waals surface area (Å²) < 4.78 is 0. The number of halogens is 1. The van der Waals surface area contributed by atoms with Crippen LogP contribution in [0.3, 0.4) is 0 Å². The first-order chi connectivity index (χ1) is 7.77. The van der Waals surface area contributed by atoms with Gasteiger partial charge < -0.3 is 10.6 Å². The average molecular weight is 275 g/mol. The maximum Gasteiger partial charge on any atom is 0.224 e. The second kappa shape index (κ2) is 9.33. The van der Waals surface area contributed by atoms with E-state index in [0.717, 1.165) is 23.5 Å². The summed E-state index contributed by atoms with van der Waals surface area (Å²) in [5.41, 5.74) is 0.907. The lowest BCUT2D eigenvalue weighted by atomic mass is 10.2. The zero-order valence-corrected chi connectivity index (χ0v) is 11.8. The van der Waals surface area contributed by atoms with Crippen LogP contribution in [0.25, 0.3) is 0 Å². The molecule has 0 heterocycles. The van der Waals surface area contributed by atoms with E-state index in [2.05, 4.69) is 10.6 Å². The Labute approximate surface area is 113 Å². The molecule has 0 radical (unpaired) electrons. The van der Waals surface area contributed by atoms with Crippen LogP contribution >= 0.6 is 24.2 Å². The minimum atomic E-state index is 0. The third-order valence-corrected chi connectivity index (χ3v) is 3.01. The van der Waals surface area contributed by atoms with Crippen molar-refractivity contribution in [2.75, 3.05) is 25.2 Å². The molecule has 0 saturated heterocycles. The summed E-state index contributed by atoms with van der Waals surface area (Å²) >= 11 is 1.64. The first kappa shape index (κ1) is 16.3. The molecule has 5 heteroatoms. The predicted molar refractivity (Wildman–Crippen MR) is 77.3 cm³/mol. The van der Waals surface area contributed by atoms with Gasteiger partial charge in [-0.3, -0.25) is 4.79 Å². The molecule has 0 bridgehead atoms. The van der Waals surface area contributed by atoms with Crippen molar-refractivity contribution in [1.82, 2.24) is 5.32 Å². The van der Waals surface area contributed by atoms with Crippen LogP contribution in [-0.2, 0) is 4.79 Å². The summed E-state index contributed by atoms with van der Waals surface area (Å²) in [6.45, 7) is 0.873. The maximum absolute atomic E-state index is 11.6. The predicted octanol–water partition coefficient (Wildman–Crippen LogP) is 2.77. The molecule has 0 aliphatic heterocycles. The number of para-hydroxylation sites is 1. The first-order valence-electron chi connectivity index (χ1n) is 5.35. The lowest BCUT2D eigenvalue weighted by molar-refractivity contribution is -0.116. The number of hydrogen-bond acceptors (Lipinski definition) is 3. The minimum Gasteiger partial charge on any atom is -0.325 e. The number of anilines is 1. The number of benzene rings is 1. The van der Waals surface area contributed by atoms with Crippen molar-refractivity contribution in [3.8, 4) is 0 Å². The van der Waals surface area contributed by atoms with E-state index in [1.807, 2.05) is 37.6 Å². The molecule has 3 nitrogen and oxygen atoms in total. The van der Waals surface area contributed by atoms with Crippen molar-refractivity contribution >= 4 is 35.8 Å². The average Bonchev–Trinajstić information content (AvgIpc) is 2.30. The van der Waals surface area contributed by atoms with E-state index in [1.54, 1.807) is 11.8 Å². The van der Waals surface area contributed by atoms with Crippen LogP contribution in [0, 0.1) is 0 Å². The summed E-state index contributed by atoms with van der Waals surface area (Å²) in [5, 5.41) is 5.96. The molecule has 1 amide bonds. The summed E-state index contributed by atoms with van der Waals surface area (Å²) in [4.78, 5) is 12.7. The Balaban J connectivity index is 0.00000256. The smallest absolute Gasteiger partial charge is 0.224 e. The van der Waals surface area contributed by atoms with Crippen LogP contribution in [-0.4, -0.2) is 25.8 Å². The number of carbonyl (C=O) groups is 1. The lowest BCUT2D eigenvalue weighted by Crippen LogP contribution is -2.15. The fourth-order valence-electron chi connectivity index (χ4n) is 1.39. The van der Waals surface area contributed by atoms with E-state index in [4.69, 9.17) is 0 Å². The molecule has 1 aromatic rings. The highest BCUT2D eigenvalue weighted by Gasteiger charge is 2.04. The minimum absolute atomic E-state index is 0. The zero-order valence-electron chi connectivity index (χ0n) is 10.2. The van der Waals surface area contributed by atoms with Crippen LogP contribution in [0.2, 0.25) is 0 Å². The van der Waals surface area contributed by atoms with Gasteiger partial charge >= 0.3 is 0 Å². The molecule has 17 heavy (non-hydrogen) atoms. The summed E-state index contributed by atoms with van der Waals surface area (Å²) in [6, 6.07) is 7.85. The van der Waals surface area contributed by atoms with Gasteiger partial charge in [-0.2, -0.15) is 0 Å². The molecule has 0 atom stereocenters. The molecule has 0 spiro atoms. The van der Waals surface area contributed by atoms with E-state index < -0.39 is 0 Å². The third-order valence-electron chi connectivity index (χ3n) is 2.21. The van der Waals surface area contributed by atoms with Gasteiger partial charge in [0, 0.05) is 11.3 Å². The molecule has 0 saturated carbocycles. The SMILES string of the molecule is CNCCCC(=O)Nc1ccccc1SC.Cl. The molecule has 0 aromatic heterocycles. The molecule has 0 unspecified atom stereocenters. The topological polar surface area (TPSA) is 41.1 Å². The first-order valence-corrected chi connectivity index (χ1v) is 6.58. The largest absolute Gasteiger partial charge is 0.325 e. The standard InChI is InChI=1S/C12H18N2OS.ClH/c1-13-9-5-8-12(15)14-10-6-3-4-7-11(10)16-2;/h3-4,6-7,13H,5,8-9H2,1-2H3,(H,14,15);1H. The molecule has 1 aromatic carbocycles. The van der Waals surface area contributed by atoms with Crippen LogP contribution < -0.4 is 10.6 Å². The highest BCUT2D eigenvalue weighted by atomic mass is 35.5. The van der Waals surface area contributed by atoms with Crippen LogP contribution in [0.4, 0.5) is 5.69 Å². The Morgan fingerprint density at radius 2 is 2.06 bits per heavy atom. The molecule has 1 rings (SSSR count). The highest BCUT2D eigenvalue weighted by molar-refractivity contribution is 7.98. The second-order valence-corrected chi connectivity index (χ2v) is 4.30. The Morgan fingerprint density at radius 1 is 1.35 bits per heavy atom. The number of rotatable bonds is 6. The number of nitrogens with one attached hydrogen (secondary N) is 2. The lowest BCUT2D eigenvalue weighted by Gasteiger charge is -2.08. The monoisotopic (exact) mass is 274 g/mol. The van der Waals surface area contributed by atoms with Gasteiger partial charge in [0.25, 0.3) is 0 Å². The van der Waals surface area contributed by atoms with E-state index >= 15 is 0 Å². The number of amides is 1. The third kappa shape index (κ3) is 5.96. The van der Waals surface area contributed by atoms with Crippen LogP contribution in [0.15, 0.2) is 29.2 Å². The molecular formula is C12H19ClN2OS. The van der Waals surface area contributed by atoms with E-state index in [0.29, 0.717) is 6.42 Å². The molecule has 0 fully saturated rings. The number of thioether (sulfide) groups is 1. The van der Waals surface area contributed by atoms with Gasteiger partial charge in [0.05, 0.1) is 5.69 Å². The van der Waals surface area contributed by atoms with E-state index in [9.17, 15) is 4.79 Å². The van der Waals surface area contributed by atoms with Gasteiger partial charge in [-0.15, -0.1) is 24.2 Å². The van der Waals surface area contributed by atoms with E-state index in [-0.39, 0.29) is 18.3 Å². The fourth-order valence-corrected chi connectivity index (χ4v) is 1.94. The van der Waals surface area contributed by atoms with Gasteiger partial charge in [0.1, 0.15) is 0 Å². The fraction of sp³-hybridized carbons (Fsp3) is 0.417. The van der Waals surface area contributed by atoms with Gasteiger partial charge in [0.15, 0.2) is 0 Å². The van der Waals surface area contributed by atoms with Crippen molar-refractivity contribution in [2.45, 2.75) is 17.7 Å². The van der Waals surface area contributed by atoms with Crippen molar-refractivity contribution in [1.29, 1.82) is 0 Å². The normalized spacial score (nSPS) is 9.53. The summed E-state index contributed by atoms with van der Waals surface area (Å²) in [6.07, 6.45) is 3.43. The molecule has 0 aliphatic carbocycles. The summed E-state index contributed by atoms with van der Waals surface area (Å²) in [7, 11) is 1.89. The highest BCUT2D eigenvalue weighted by Crippen LogP contribution is 2.24. The Kier molecular flexibility index (Phi) is 8.94. The van der Waals surface area contributed by atoms with Gasteiger partial charge in [-0.25, -0.2) is 0 Å². The number of hydrogen-bond donors (Lipinski definition) is 2. The Bertz CT molecular complexity index is 347. The number of carbonyl (C=O) groups excluding carboxylic acids is 1. The van der Waals surface area contributed by atoms with E-state index in [1.165, 1.54) is 0 Å². The quantitative estimate of drug-likeness (QED) is 0.619. The van der Waals surface area contributed by atoms with Gasteiger partial charge in [-0.1, -0.05) is 12.1 Å². The second-order valence-electron chi connectivity index (χ2n) is 3.46. The molecule has 0 aliphatic rings. The molecular weight excluding hydrogens is 256 g/mol. The van der Waals surface area contributed by atoms with Crippen molar-refractivity contribution < 1.29 is 4.79 Å². The zero-order chi connectivity index (χ0) is 11.8.